The van der Waals surface area contributed by atoms with Crippen molar-refractivity contribution in [3.8, 4) is 11.1 Å². The number of benzene rings is 2. The maximum absolute atomic E-state index is 12.9. The van der Waals surface area contributed by atoms with Gasteiger partial charge in [0.25, 0.3) is 0 Å². The number of nitrogens with one attached hydrogen (secondary N) is 2. The Morgan fingerprint density at radius 1 is 1.12 bits per heavy atom. The second-order valence-electron chi connectivity index (χ2n) is 8.21. The Bertz CT molecular complexity index is 1070. The fraction of sp³-hybridized carbons (Fsp3) is 0.435. The topological polar surface area (TPSA) is 78.5 Å². The highest BCUT2D eigenvalue weighted by molar-refractivity contribution is 7.88. The zero-order valence-electron chi connectivity index (χ0n) is 18.5. The summed E-state index contributed by atoms with van der Waals surface area (Å²) in [6.07, 6.45) is -1.62. The van der Waals surface area contributed by atoms with E-state index in [9.17, 15) is 26.4 Å². The van der Waals surface area contributed by atoms with Crippen LogP contribution in [0.2, 0.25) is 0 Å². The highest BCUT2D eigenvalue weighted by Crippen LogP contribution is 2.31. The molecule has 1 aliphatic rings. The molecule has 0 radical (unpaired) electrons. The molecule has 2 amide bonds. The molecule has 1 fully saturated rings. The summed E-state index contributed by atoms with van der Waals surface area (Å²) in [6, 6.07) is 11.2. The highest BCUT2D eigenvalue weighted by atomic mass is 32.2. The minimum absolute atomic E-state index is 0.249. The van der Waals surface area contributed by atoms with Gasteiger partial charge in [0.2, 0.25) is 10.0 Å². The monoisotopic (exact) mass is 483 g/mol. The van der Waals surface area contributed by atoms with Crippen LogP contribution in [-0.4, -0.2) is 50.8 Å². The molecule has 0 aliphatic carbocycles. The quantitative estimate of drug-likeness (QED) is 0.651. The van der Waals surface area contributed by atoms with E-state index < -0.39 is 33.8 Å². The number of sulfonamides is 1. The molecule has 0 unspecified atom stereocenters. The van der Waals surface area contributed by atoms with Crippen molar-refractivity contribution in [2.24, 2.45) is 0 Å². The number of halogens is 3. The Labute approximate surface area is 192 Å². The summed E-state index contributed by atoms with van der Waals surface area (Å²) in [5.41, 5.74) is 1.53. The van der Waals surface area contributed by atoms with Crippen LogP contribution in [0.25, 0.3) is 11.1 Å². The summed E-state index contributed by atoms with van der Waals surface area (Å²) in [5, 5.41) is 2.79. The first-order valence-electron chi connectivity index (χ1n) is 10.8. The van der Waals surface area contributed by atoms with Crippen molar-refractivity contribution in [2.45, 2.75) is 44.4 Å². The molecule has 10 heteroatoms. The molecular formula is C23H28F3N3O3S. The van der Waals surface area contributed by atoms with E-state index in [0.29, 0.717) is 37.9 Å². The first-order chi connectivity index (χ1) is 15.5. The molecule has 1 aliphatic heterocycles. The van der Waals surface area contributed by atoms with Crippen LogP contribution in [0.15, 0.2) is 48.5 Å². The van der Waals surface area contributed by atoms with Crippen LogP contribution in [0.5, 0.6) is 0 Å². The molecule has 6 nitrogen and oxygen atoms in total. The van der Waals surface area contributed by atoms with E-state index >= 15 is 0 Å². The lowest BCUT2D eigenvalue weighted by molar-refractivity contribution is -0.137. The van der Waals surface area contributed by atoms with Crippen molar-refractivity contribution in [3.63, 3.8) is 0 Å². The van der Waals surface area contributed by atoms with Gasteiger partial charge in [-0.05, 0) is 55.0 Å². The summed E-state index contributed by atoms with van der Waals surface area (Å²) in [7, 11) is -3.48. The molecule has 2 aromatic carbocycles. The predicted molar refractivity (Wildman–Crippen MR) is 121 cm³/mol. The average Bonchev–Trinajstić information content (AvgIpc) is 2.74. The number of alkyl halides is 3. The summed E-state index contributed by atoms with van der Waals surface area (Å²) >= 11 is 0. The molecule has 1 heterocycles. The molecule has 2 atom stereocenters. The Hall–Kier alpha value is -2.59. The zero-order chi connectivity index (χ0) is 24.2. The van der Waals surface area contributed by atoms with Gasteiger partial charge in [0, 0.05) is 19.1 Å². The van der Waals surface area contributed by atoms with E-state index in [1.165, 1.54) is 12.1 Å². The third-order valence-corrected chi connectivity index (χ3v) is 6.38. The lowest BCUT2D eigenvalue weighted by Gasteiger charge is -2.41. The third-order valence-electron chi connectivity index (χ3n) is 5.65. The van der Waals surface area contributed by atoms with E-state index in [1.807, 2.05) is 19.1 Å². The van der Waals surface area contributed by atoms with Gasteiger partial charge in [-0.25, -0.2) is 17.9 Å². The number of piperidine rings is 1. The maximum Gasteiger partial charge on any atom is 0.416 e. The molecule has 2 aromatic rings. The Balaban J connectivity index is 1.88. The third kappa shape index (κ3) is 6.70. The summed E-state index contributed by atoms with van der Waals surface area (Å²) in [6.45, 7) is 2.78. The Kier molecular flexibility index (Phi) is 7.69. The van der Waals surface area contributed by atoms with Crippen molar-refractivity contribution >= 4 is 16.1 Å². The number of likely N-dealkylation sites (tertiary alicyclic amines) is 1. The SMILES string of the molecule is CCNC(=O)N1CCC[C@@H](NS(C)(=O)=O)[C@H]1Cc1cccc(-c2ccc(C(F)(F)F)cc2)c1. The van der Waals surface area contributed by atoms with Crippen molar-refractivity contribution < 1.29 is 26.4 Å². The minimum Gasteiger partial charge on any atom is -0.338 e. The van der Waals surface area contributed by atoms with Gasteiger partial charge in [-0.15, -0.1) is 0 Å². The maximum atomic E-state index is 12.9. The fourth-order valence-electron chi connectivity index (χ4n) is 4.20. The Morgan fingerprint density at radius 2 is 1.82 bits per heavy atom. The lowest BCUT2D eigenvalue weighted by atomic mass is 9.90. The van der Waals surface area contributed by atoms with Crippen LogP contribution in [0.1, 0.15) is 30.9 Å². The van der Waals surface area contributed by atoms with Crippen LogP contribution in [-0.2, 0) is 22.6 Å². The molecule has 0 saturated carbocycles. The van der Waals surface area contributed by atoms with Crippen molar-refractivity contribution in [2.75, 3.05) is 19.3 Å². The molecule has 0 spiro atoms. The van der Waals surface area contributed by atoms with E-state index in [4.69, 9.17) is 0 Å². The van der Waals surface area contributed by atoms with Gasteiger partial charge in [0.15, 0.2) is 0 Å². The number of urea groups is 1. The lowest BCUT2D eigenvalue weighted by Crippen LogP contribution is -2.59. The van der Waals surface area contributed by atoms with Gasteiger partial charge < -0.3 is 10.2 Å². The molecule has 0 bridgehead atoms. The molecule has 0 aromatic heterocycles. The van der Waals surface area contributed by atoms with Gasteiger partial charge >= 0.3 is 12.2 Å². The van der Waals surface area contributed by atoms with Crippen LogP contribution >= 0.6 is 0 Å². The summed E-state index contributed by atoms with van der Waals surface area (Å²) in [4.78, 5) is 14.3. The first-order valence-corrected chi connectivity index (χ1v) is 12.7. The molecule has 2 N–H and O–H groups in total. The standard InChI is InChI=1S/C23H28F3N3O3S/c1-3-27-22(30)29-13-5-8-20(28-33(2,31)32)21(29)15-16-6-4-7-18(14-16)17-9-11-19(12-10-17)23(24,25)26/h4,6-7,9-12,14,20-21,28H,3,5,8,13,15H2,1-2H3,(H,27,30)/t20-,21-/m1/s1. The number of rotatable bonds is 6. The smallest absolute Gasteiger partial charge is 0.338 e. The number of carbonyl (C=O) groups is 1. The number of nitrogens with zero attached hydrogens (tertiary/aromatic N) is 1. The fourth-order valence-corrected chi connectivity index (χ4v) is 5.02. The van der Waals surface area contributed by atoms with E-state index in [0.717, 1.165) is 29.5 Å². The van der Waals surface area contributed by atoms with Gasteiger partial charge in [-0.3, -0.25) is 0 Å². The molecule has 33 heavy (non-hydrogen) atoms. The van der Waals surface area contributed by atoms with E-state index in [1.54, 1.807) is 17.0 Å². The Morgan fingerprint density at radius 3 is 2.42 bits per heavy atom. The molecular weight excluding hydrogens is 455 g/mol. The van der Waals surface area contributed by atoms with Crippen molar-refractivity contribution in [1.82, 2.24) is 14.9 Å². The van der Waals surface area contributed by atoms with Crippen LogP contribution in [0, 0.1) is 0 Å². The molecule has 1 saturated heterocycles. The minimum atomic E-state index is -4.40. The average molecular weight is 484 g/mol. The van der Waals surface area contributed by atoms with E-state index in [-0.39, 0.29) is 6.03 Å². The van der Waals surface area contributed by atoms with Gasteiger partial charge in [-0.1, -0.05) is 36.4 Å². The van der Waals surface area contributed by atoms with Gasteiger partial charge in [0.1, 0.15) is 0 Å². The number of hydrogen-bond donors (Lipinski definition) is 2. The summed E-state index contributed by atoms with van der Waals surface area (Å²) < 4.78 is 65.1. The van der Waals surface area contributed by atoms with Crippen LogP contribution < -0.4 is 10.0 Å². The first kappa shape index (κ1) is 25.0. The summed E-state index contributed by atoms with van der Waals surface area (Å²) in [5.74, 6) is 0. The second kappa shape index (κ2) is 10.1. The number of amides is 2. The van der Waals surface area contributed by atoms with Crippen LogP contribution in [0.4, 0.5) is 18.0 Å². The van der Waals surface area contributed by atoms with Gasteiger partial charge in [0.05, 0.1) is 17.9 Å². The normalized spacial score (nSPS) is 19.4. The van der Waals surface area contributed by atoms with Crippen molar-refractivity contribution in [1.29, 1.82) is 0 Å². The molecule has 180 valence electrons. The second-order valence-corrected chi connectivity index (χ2v) is 9.99. The highest BCUT2D eigenvalue weighted by Gasteiger charge is 2.36. The number of hydrogen-bond acceptors (Lipinski definition) is 3. The van der Waals surface area contributed by atoms with Gasteiger partial charge in [-0.2, -0.15) is 13.2 Å². The van der Waals surface area contributed by atoms with E-state index in [2.05, 4.69) is 10.0 Å². The molecule has 3 rings (SSSR count). The predicted octanol–water partition coefficient (Wildman–Crippen LogP) is 4.03. The van der Waals surface area contributed by atoms with Crippen LogP contribution in [0.3, 0.4) is 0 Å². The zero-order valence-corrected chi connectivity index (χ0v) is 19.3. The van der Waals surface area contributed by atoms with Crippen molar-refractivity contribution in [3.05, 3.63) is 59.7 Å². The number of carbonyl (C=O) groups excluding carboxylic acids is 1. The largest absolute Gasteiger partial charge is 0.416 e.